The van der Waals surface area contributed by atoms with Gasteiger partial charge in [-0.05, 0) is 17.2 Å². The highest BCUT2D eigenvalue weighted by Gasteiger charge is 2.32. The largest absolute Gasteiger partial charge is 0.480 e. The Bertz CT molecular complexity index is 1550. The Kier molecular flexibility index (Phi) is 12.7. The number of aromatic amines is 1. The summed E-state index contributed by atoms with van der Waals surface area (Å²) in [6.45, 7) is -1.72. The van der Waals surface area contributed by atoms with Crippen molar-refractivity contribution in [3.8, 4) is 0 Å². The molecule has 0 radical (unpaired) electrons. The number of para-hydroxylation sites is 1. The minimum Gasteiger partial charge on any atom is -0.480 e. The van der Waals surface area contributed by atoms with Crippen molar-refractivity contribution >= 4 is 46.4 Å². The Morgan fingerprint density at radius 3 is 1.89 bits per heavy atom. The second-order valence-corrected chi connectivity index (χ2v) is 10.5. The molecule has 3 aromatic rings. The van der Waals surface area contributed by atoms with Gasteiger partial charge in [0.2, 0.25) is 29.5 Å². The number of H-pyrrole nitrogens is 1. The molecule has 16 nitrogen and oxygen atoms in total. The highest BCUT2D eigenvalue weighted by atomic mass is 16.4. The summed E-state index contributed by atoms with van der Waals surface area (Å²) in [6, 6.07) is 8.35. The number of aromatic nitrogens is 1. The predicted molar refractivity (Wildman–Crippen MR) is 163 cm³/mol. The monoisotopic (exact) mass is 639 g/mol. The number of carbonyl (C=O) groups excluding carboxylic acids is 5. The second-order valence-electron chi connectivity index (χ2n) is 10.5. The molecule has 0 aliphatic rings. The standard InChI is InChI=1S/C30H37N7O9/c31-19(14-38)26(41)34-22(12-25(32)40)28(43)37-24(15-39)29(44)35-21(11-17-13-33-20-9-5-4-8-18(17)20)27(42)36-23(30(45)46)10-16-6-2-1-3-7-16/h1-9,13,19,21-24,33,38-39H,10-12,14-15,31H2,(H2,32,40)(H,34,41)(H,35,44)(H,36,42)(H,37,43)(H,45,46)/t19-,21-,22-,23-,24-/m0/s1. The van der Waals surface area contributed by atoms with E-state index in [1.165, 1.54) is 0 Å². The molecule has 12 N–H and O–H groups in total. The number of primary amides is 1. The van der Waals surface area contributed by atoms with E-state index in [1.807, 2.05) is 0 Å². The van der Waals surface area contributed by atoms with Crippen LogP contribution in [0.3, 0.4) is 0 Å². The van der Waals surface area contributed by atoms with Gasteiger partial charge in [-0.1, -0.05) is 48.5 Å². The minimum atomic E-state index is -1.68. The van der Waals surface area contributed by atoms with Gasteiger partial charge in [0.05, 0.1) is 19.6 Å². The topological polar surface area (TPSA) is 279 Å². The number of amides is 5. The van der Waals surface area contributed by atoms with Crippen molar-refractivity contribution in [2.45, 2.75) is 49.5 Å². The average molecular weight is 640 g/mol. The number of nitrogens with two attached hydrogens (primary N) is 2. The maximum atomic E-state index is 13.5. The van der Waals surface area contributed by atoms with Gasteiger partial charge in [-0.15, -0.1) is 0 Å². The molecule has 5 atom stereocenters. The lowest BCUT2D eigenvalue weighted by atomic mass is 10.0. The molecular formula is C30H37N7O9. The van der Waals surface area contributed by atoms with Crippen LogP contribution in [0.5, 0.6) is 0 Å². The zero-order valence-corrected chi connectivity index (χ0v) is 24.6. The molecule has 1 heterocycles. The van der Waals surface area contributed by atoms with Crippen molar-refractivity contribution < 1.29 is 44.1 Å². The molecule has 3 rings (SSSR count). The van der Waals surface area contributed by atoms with Gasteiger partial charge in [0.15, 0.2) is 0 Å². The number of aliphatic hydroxyl groups is 2. The summed E-state index contributed by atoms with van der Waals surface area (Å²) in [5, 5.41) is 38.9. The predicted octanol–water partition coefficient (Wildman–Crippen LogP) is -2.84. The van der Waals surface area contributed by atoms with Crippen LogP contribution >= 0.6 is 0 Å². The highest BCUT2D eigenvalue weighted by Crippen LogP contribution is 2.19. The minimum absolute atomic E-state index is 0.0438. The van der Waals surface area contributed by atoms with Crippen LogP contribution in [-0.4, -0.2) is 99.2 Å². The highest BCUT2D eigenvalue weighted by molar-refractivity contribution is 5.97. The van der Waals surface area contributed by atoms with Gasteiger partial charge < -0.3 is 53.0 Å². The first-order valence-corrected chi connectivity index (χ1v) is 14.2. The molecule has 0 aliphatic heterocycles. The van der Waals surface area contributed by atoms with E-state index in [4.69, 9.17) is 16.6 Å². The number of hydrogen-bond donors (Lipinski definition) is 10. The van der Waals surface area contributed by atoms with E-state index in [9.17, 15) is 39.0 Å². The van der Waals surface area contributed by atoms with Gasteiger partial charge in [0, 0.05) is 29.9 Å². The third-order valence-corrected chi connectivity index (χ3v) is 7.02. The lowest BCUT2D eigenvalue weighted by Gasteiger charge is -2.25. The molecular weight excluding hydrogens is 602 g/mol. The van der Waals surface area contributed by atoms with Gasteiger partial charge in [-0.2, -0.15) is 0 Å². The number of rotatable bonds is 17. The lowest BCUT2D eigenvalue weighted by Crippen LogP contribution is -2.60. The van der Waals surface area contributed by atoms with Crippen LogP contribution in [0.4, 0.5) is 0 Å². The fraction of sp³-hybridized carbons (Fsp3) is 0.333. The second kappa shape index (κ2) is 16.7. The normalized spacial score (nSPS) is 14.2. The molecule has 0 bridgehead atoms. The van der Waals surface area contributed by atoms with Crippen LogP contribution in [0.15, 0.2) is 60.8 Å². The number of carboxylic acids is 1. The van der Waals surface area contributed by atoms with E-state index in [0.29, 0.717) is 11.1 Å². The Labute approximate surface area is 262 Å². The maximum absolute atomic E-state index is 13.5. The molecule has 0 saturated heterocycles. The lowest BCUT2D eigenvalue weighted by molar-refractivity contribution is -0.142. The van der Waals surface area contributed by atoms with Crippen LogP contribution in [-0.2, 0) is 41.6 Å². The van der Waals surface area contributed by atoms with Gasteiger partial charge in [-0.25, -0.2) is 4.79 Å². The smallest absolute Gasteiger partial charge is 0.326 e. The van der Waals surface area contributed by atoms with Crippen LogP contribution < -0.4 is 32.7 Å². The number of aliphatic carboxylic acids is 1. The number of hydrogen-bond acceptors (Lipinski definition) is 9. The summed E-state index contributed by atoms with van der Waals surface area (Å²) in [5.74, 6) is -6.23. The SMILES string of the molecule is NC(=O)C[C@H](NC(=O)[C@@H](N)CO)C(=O)N[C@@H](CO)C(=O)N[C@@H](Cc1c[nH]c2ccccc12)C(=O)N[C@@H](Cc1ccccc1)C(=O)O. The molecule has 46 heavy (non-hydrogen) atoms. The van der Waals surface area contributed by atoms with Crippen LogP contribution in [0.2, 0.25) is 0 Å². The molecule has 0 saturated carbocycles. The number of benzene rings is 2. The first-order chi connectivity index (χ1) is 21.9. The van der Waals surface area contributed by atoms with E-state index in [1.54, 1.807) is 60.8 Å². The molecule has 16 heteroatoms. The summed E-state index contributed by atoms with van der Waals surface area (Å²) in [7, 11) is 0. The van der Waals surface area contributed by atoms with Crippen molar-refractivity contribution in [3.05, 3.63) is 71.9 Å². The van der Waals surface area contributed by atoms with Crippen molar-refractivity contribution in [2.75, 3.05) is 13.2 Å². The maximum Gasteiger partial charge on any atom is 0.326 e. The summed E-state index contributed by atoms with van der Waals surface area (Å²) in [4.78, 5) is 78.6. The third-order valence-electron chi connectivity index (χ3n) is 7.02. The van der Waals surface area contributed by atoms with Crippen molar-refractivity contribution in [3.63, 3.8) is 0 Å². The first-order valence-electron chi connectivity index (χ1n) is 14.2. The molecule has 0 unspecified atom stereocenters. The summed E-state index contributed by atoms with van der Waals surface area (Å²) >= 11 is 0. The summed E-state index contributed by atoms with van der Waals surface area (Å²) in [5.41, 5.74) is 12.6. The molecule has 1 aromatic heterocycles. The number of nitrogens with one attached hydrogen (secondary N) is 5. The Hall–Kier alpha value is -5.32. The number of carbonyl (C=O) groups is 6. The van der Waals surface area contributed by atoms with Crippen LogP contribution in [0, 0.1) is 0 Å². The van der Waals surface area contributed by atoms with E-state index in [-0.39, 0.29) is 12.8 Å². The Morgan fingerprint density at radius 1 is 0.696 bits per heavy atom. The third kappa shape index (κ3) is 9.85. The van der Waals surface area contributed by atoms with E-state index in [2.05, 4.69) is 26.3 Å². The number of aliphatic hydroxyl groups excluding tert-OH is 2. The Balaban J connectivity index is 1.83. The molecule has 0 spiro atoms. The first kappa shape index (κ1) is 35.2. The summed E-state index contributed by atoms with van der Waals surface area (Å²) < 4.78 is 0. The molecule has 246 valence electrons. The van der Waals surface area contributed by atoms with Gasteiger partial charge >= 0.3 is 5.97 Å². The number of fused-ring (bicyclic) bond motifs is 1. The van der Waals surface area contributed by atoms with Crippen molar-refractivity contribution in [1.29, 1.82) is 0 Å². The molecule has 0 aliphatic carbocycles. The molecule has 2 aromatic carbocycles. The van der Waals surface area contributed by atoms with Crippen LogP contribution in [0.1, 0.15) is 17.5 Å². The zero-order valence-electron chi connectivity index (χ0n) is 24.6. The average Bonchev–Trinajstić information content (AvgIpc) is 3.44. The van der Waals surface area contributed by atoms with Gasteiger partial charge in [-0.3, -0.25) is 24.0 Å². The quantitative estimate of drug-likeness (QED) is 0.0722. The van der Waals surface area contributed by atoms with Gasteiger partial charge in [0.25, 0.3) is 0 Å². The van der Waals surface area contributed by atoms with Gasteiger partial charge in [0.1, 0.15) is 30.2 Å². The fourth-order valence-electron chi connectivity index (χ4n) is 4.56. The van der Waals surface area contributed by atoms with E-state index >= 15 is 0 Å². The Morgan fingerprint density at radius 2 is 1.26 bits per heavy atom. The molecule has 5 amide bonds. The van der Waals surface area contributed by atoms with Crippen molar-refractivity contribution in [1.82, 2.24) is 26.3 Å². The fourth-order valence-corrected chi connectivity index (χ4v) is 4.56. The van der Waals surface area contributed by atoms with E-state index < -0.39 is 85.3 Å². The zero-order chi connectivity index (χ0) is 33.8. The van der Waals surface area contributed by atoms with E-state index in [0.717, 1.165) is 10.9 Å². The van der Waals surface area contributed by atoms with Crippen molar-refractivity contribution in [2.24, 2.45) is 11.5 Å². The number of carboxylic acid groups (broad SMARTS) is 1. The molecule has 0 fully saturated rings. The summed E-state index contributed by atoms with van der Waals surface area (Å²) in [6.07, 6.45) is 0.789. The van der Waals surface area contributed by atoms with Crippen LogP contribution in [0.25, 0.3) is 10.9 Å².